The van der Waals surface area contributed by atoms with Gasteiger partial charge in [-0.2, -0.15) is 13.2 Å². The molecular formula is C11H16F3N3. The molecule has 0 aliphatic carbocycles. The predicted octanol–water partition coefficient (Wildman–Crippen LogP) is 2.34. The van der Waals surface area contributed by atoms with E-state index in [1.54, 1.807) is 4.57 Å². The molecule has 0 N–H and O–H groups in total. The van der Waals surface area contributed by atoms with Gasteiger partial charge >= 0.3 is 6.18 Å². The lowest BCUT2D eigenvalue weighted by Gasteiger charge is -2.37. The van der Waals surface area contributed by atoms with Crippen molar-refractivity contribution >= 4 is 0 Å². The number of aryl methyl sites for hydroxylation is 1. The van der Waals surface area contributed by atoms with Crippen molar-refractivity contribution in [1.82, 2.24) is 14.5 Å². The quantitative estimate of drug-likeness (QED) is 0.817. The molecule has 17 heavy (non-hydrogen) atoms. The van der Waals surface area contributed by atoms with E-state index in [-0.39, 0.29) is 6.04 Å². The molecule has 2 heterocycles. The zero-order chi connectivity index (χ0) is 12.6. The van der Waals surface area contributed by atoms with Crippen LogP contribution >= 0.6 is 0 Å². The Balaban J connectivity index is 2.26. The third kappa shape index (κ3) is 2.46. The van der Waals surface area contributed by atoms with Gasteiger partial charge in [-0.05, 0) is 13.5 Å². The summed E-state index contributed by atoms with van der Waals surface area (Å²) in [4.78, 5) is 5.80. The van der Waals surface area contributed by atoms with E-state index >= 15 is 0 Å². The molecule has 1 aromatic heterocycles. The number of rotatable bonds is 3. The average molecular weight is 247 g/mol. The molecule has 0 radical (unpaired) electrons. The normalized spacial score (nSPS) is 18.4. The molecule has 0 spiro atoms. The van der Waals surface area contributed by atoms with Crippen molar-refractivity contribution in [2.75, 3.05) is 20.1 Å². The number of halogens is 3. The highest BCUT2D eigenvalue weighted by molar-refractivity contribution is 5.11. The largest absolute Gasteiger partial charge is 0.434 e. The lowest BCUT2D eigenvalue weighted by Crippen LogP contribution is -2.45. The first-order chi connectivity index (χ1) is 7.91. The standard InChI is InChI=1S/C11H16F3N3/c1-3-4-10-15-9(11(12,13)14)7-17(10)8-5-16(2)6-8/h7-8H,3-6H2,1-2H3. The first kappa shape index (κ1) is 12.4. The van der Waals surface area contributed by atoms with Gasteiger partial charge in [-0.25, -0.2) is 4.98 Å². The lowest BCUT2D eigenvalue weighted by atomic mass is 10.1. The van der Waals surface area contributed by atoms with E-state index in [0.29, 0.717) is 12.2 Å². The number of hydrogen-bond donors (Lipinski definition) is 0. The van der Waals surface area contributed by atoms with Gasteiger partial charge in [0.1, 0.15) is 5.82 Å². The van der Waals surface area contributed by atoms with Crippen LogP contribution in [0.5, 0.6) is 0 Å². The second-order valence-electron chi connectivity index (χ2n) is 4.57. The molecule has 1 saturated heterocycles. The number of aromatic nitrogens is 2. The monoisotopic (exact) mass is 247 g/mol. The first-order valence-corrected chi connectivity index (χ1v) is 5.75. The van der Waals surface area contributed by atoms with Gasteiger partial charge in [0.05, 0.1) is 6.04 Å². The number of imidazole rings is 1. The highest BCUT2D eigenvalue weighted by atomic mass is 19.4. The number of nitrogens with zero attached hydrogens (tertiary/aromatic N) is 3. The maximum Gasteiger partial charge on any atom is 0.434 e. The fraction of sp³-hybridized carbons (Fsp3) is 0.727. The minimum Gasteiger partial charge on any atom is -0.329 e. The summed E-state index contributed by atoms with van der Waals surface area (Å²) in [5.74, 6) is 0.554. The van der Waals surface area contributed by atoms with Crippen LogP contribution < -0.4 is 0 Å². The molecule has 1 aliphatic rings. The van der Waals surface area contributed by atoms with Crippen LogP contribution in [0.4, 0.5) is 13.2 Å². The Kier molecular flexibility index (Phi) is 3.16. The van der Waals surface area contributed by atoms with Crippen LogP contribution in [0, 0.1) is 0 Å². The molecule has 0 aromatic carbocycles. The molecular weight excluding hydrogens is 231 g/mol. The van der Waals surface area contributed by atoms with Crippen molar-refractivity contribution in [3.05, 3.63) is 17.7 Å². The molecule has 1 aromatic rings. The summed E-state index contributed by atoms with van der Waals surface area (Å²) in [6, 6.07) is 0.144. The van der Waals surface area contributed by atoms with Crippen molar-refractivity contribution in [2.45, 2.75) is 32.0 Å². The summed E-state index contributed by atoms with van der Waals surface area (Å²) in [5.41, 5.74) is -0.768. The van der Waals surface area contributed by atoms with Gasteiger partial charge in [0.15, 0.2) is 5.69 Å². The molecule has 0 saturated carbocycles. The van der Waals surface area contributed by atoms with E-state index in [4.69, 9.17) is 0 Å². The van der Waals surface area contributed by atoms with E-state index in [1.807, 2.05) is 14.0 Å². The average Bonchev–Trinajstić information content (AvgIpc) is 2.57. The van der Waals surface area contributed by atoms with Crippen molar-refractivity contribution in [1.29, 1.82) is 0 Å². The van der Waals surface area contributed by atoms with Gasteiger partial charge in [-0.15, -0.1) is 0 Å². The molecule has 96 valence electrons. The maximum absolute atomic E-state index is 12.6. The molecule has 1 aliphatic heterocycles. The van der Waals surface area contributed by atoms with Crippen LogP contribution in [0.15, 0.2) is 6.20 Å². The lowest BCUT2D eigenvalue weighted by molar-refractivity contribution is -0.141. The van der Waals surface area contributed by atoms with E-state index in [9.17, 15) is 13.2 Å². The molecule has 0 atom stereocenters. The molecule has 1 fully saturated rings. The Morgan fingerprint density at radius 2 is 2.06 bits per heavy atom. The third-order valence-corrected chi connectivity index (χ3v) is 3.01. The van der Waals surface area contributed by atoms with E-state index < -0.39 is 11.9 Å². The zero-order valence-corrected chi connectivity index (χ0v) is 9.96. The summed E-state index contributed by atoms with van der Waals surface area (Å²) >= 11 is 0. The van der Waals surface area contributed by atoms with Gasteiger partial charge in [0.2, 0.25) is 0 Å². The van der Waals surface area contributed by atoms with Crippen LogP contribution in [0.1, 0.15) is 30.9 Å². The van der Waals surface area contributed by atoms with Crippen molar-refractivity contribution < 1.29 is 13.2 Å². The van der Waals surface area contributed by atoms with Gasteiger partial charge in [-0.1, -0.05) is 6.92 Å². The Labute approximate surface area is 98.2 Å². The van der Waals surface area contributed by atoms with E-state index in [0.717, 1.165) is 25.7 Å². The molecule has 0 unspecified atom stereocenters. The highest BCUT2D eigenvalue weighted by Gasteiger charge is 2.36. The van der Waals surface area contributed by atoms with Gasteiger partial charge < -0.3 is 9.47 Å². The van der Waals surface area contributed by atoms with Crippen LogP contribution in [0.2, 0.25) is 0 Å². The molecule has 6 heteroatoms. The number of alkyl halides is 3. The van der Waals surface area contributed by atoms with Crippen molar-refractivity contribution in [2.24, 2.45) is 0 Å². The molecule has 0 amide bonds. The maximum atomic E-state index is 12.6. The fourth-order valence-corrected chi connectivity index (χ4v) is 2.14. The van der Waals surface area contributed by atoms with E-state index in [1.165, 1.54) is 0 Å². The third-order valence-electron chi connectivity index (χ3n) is 3.01. The summed E-state index contributed by atoms with van der Waals surface area (Å²) < 4.78 is 39.5. The number of hydrogen-bond acceptors (Lipinski definition) is 2. The Morgan fingerprint density at radius 1 is 1.41 bits per heavy atom. The molecule has 2 rings (SSSR count). The van der Waals surface area contributed by atoms with Crippen molar-refractivity contribution in [3.8, 4) is 0 Å². The minimum atomic E-state index is -4.34. The Bertz CT molecular complexity index is 391. The van der Waals surface area contributed by atoms with Crippen LogP contribution in [-0.4, -0.2) is 34.6 Å². The Hall–Kier alpha value is -1.04. The van der Waals surface area contributed by atoms with Crippen molar-refractivity contribution in [3.63, 3.8) is 0 Å². The van der Waals surface area contributed by atoms with E-state index in [2.05, 4.69) is 9.88 Å². The fourth-order valence-electron chi connectivity index (χ4n) is 2.14. The Morgan fingerprint density at radius 3 is 2.53 bits per heavy atom. The SMILES string of the molecule is CCCc1nc(C(F)(F)F)cn1C1CN(C)C1. The van der Waals surface area contributed by atoms with Crippen LogP contribution in [0.25, 0.3) is 0 Å². The summed E-state index contributed by atoms with van der Waals surface area (Å²) in [6.45, 7) is 3.54. The minimum absolute atomic E-state index is 0.144. The second kappa shape index (κ2) is 4.33. The molecule has 0 bridgehead atoms. The summed E-state index contributed by atoms with van der Waals surface area (Å²) in [5, 5.41) is 0. The first-order valence-electron chi connectivity index (χ1n) is 5.75. The van der Waals surface area contributed by atoms with Gasteiger partial charge in [-0.3, -0.25) is 0 Å². The smallest absolute Gasteiger partial charge is 0.329 e. The summed E-state index contributed by atoms with van der Waals surface area (Å²) in [7, 11) is 1.96. The molecule has 3 nitrogen and oxygen atoms in total. The topological polar surface area (TPSA) is 21.1 Å². The van der Waals surface area contributed by atoms with Gasteiger partial charge in [0.25, 0.3) is 0 Å². The number of likely N-dealkylation sites (tertiary alicyclic amines) is 1. The van der Waals surface area contributed by atoms with Gasteiger partial charge in [0, 0.05) is 25.7 Å². The number of likely N-dealkylation sites (N-methyl/N-ethyl adjacent to an activating group) is 1. The summed E-state index contributed by atoms with van der Waals surface area (Å²) in [6.07, 6.45) is -1.79. The highest BCUT2D eigenvalue weighted by Crippen LogP contribution is 2.31. The van der Waals surface area contributed by atoms with Crippen LogP contribution in [-0.2, 0) is 12.6 Å². The second-order valence-corrected chi connectivity index (χ2v) is 4.57. The predicted molar refractivity (Wildman–Crippen MR) is 57.8 cm³/mol. The van der Waals surface area contributed by atoms with Crippen LogP contribution in [0.3, 0.4) is 0 Å². The zero-order valence-electron chi connectivity index (χ0n) is 9.96.